The second-order valence-electron chi connectivity index (χ2n) is 10.6. The molecule has 0 saturated carbocycles. The highest BCUT2D eigenvalue weighted by Crippen LogP contribution is 2.29. The molecular weight excluding hydrogens is 476 g/mol. The van der Waals surface area contributed by atoms with Gasteiger partial charge in [0.1, 0.15) is 18.0 Å². The Morgan fingerprint density at radius 3 is 2.35 bits per heavy atom. The van der Waals surface area contributed by atoms with Gasteiger partial charge in [-0.1, -0.05) is 30.3 Å². The van der Waals surface area contributed by atoms with Crippen LogP contribution in [0.1, 0.15) is 67.9 Å². The van der Waals surface area contributed by atoms with Crippen LogP contribution in [-0.2, 0) is 16.1 Å². The number of carbonyl (C=O) groups is 3. The lowest BCUT2D eigenvalue weighted by atomic mass is 9.88. The van der Waals surface area contributed by atoms with Gasteiger partial charge < -0.3 is 29.9 Å². The van der Waals surface area contributed by atoms with Crippen LogP contribution in [0.2, 0.25) is 0 Å². The highest BCUT2D eigenvalue weighted by atomic mass is 16.6. The average molecular weight is 513 g/mol. The molecule has 9 nitrogen and oxygen atoms in total. The number of rotatable bonds is 8. The number of hydrogen-bond donors (Lipinski definition) is 3. The van der Waals surface area contributed by atoms with E-state index in [1.54, 1.807) is 29.2 Å². The maximum absolute atomic E-state index is 13.1. The molecule has 3 rings (SSSR count). The lowest BCUT2D eigenvalue weighted by molar-refractivity contribution is -0.159. The minimum atomic E-state index is -2.02. The molecule has 1 unspecified atom stereocenters. The Bertz CT molecular complexity index is 1120. The van der Waals surface area contributed by atoms with Crippen molar-refractivity contribution in [2.24, 2.45) is 0 Å². The van der Waals surface area contributed by atoms with E-state index in [2.05, 4.69) is 17.4 Å². The van der Waals surface area contributed by atoms with Gasteiger partial charge in [0.2, 0.25) is 0 Å². The van der Waals surface area contributed by atoms with Crippen LogP contribution in [0.5, 0.6) is 5.75 Å². The topological polar surface area (TPSA) is 125 Å². The molecule has 1 aliphatic heterocycles. The molecule has 2 amide bonds. The molecule has 1 saturated heterocycles. The molecule has 1 atom stereocenters. The first-order valence-electron chi connectivity index (χ1n) is 12.4. The van der Waals surface area contributed by atoms with Crippen molar-refractivity contribution in [1.29, 1.82) is 0 Å². The largest absolute Gasteiger partial charge is 0.490 e. The summed E-state index contributed by atoms with van der Waals surface area (Å²) >= 11 is 0. The van der Waals surface area contributed by atoms with Crippen LogP contribution in [0.4, 0.5) is 4.79 Å². The van der Waals surface area contributed by atoms with E-state index >= 15 is 0 Å². The molecule has 1 fully saturated rings. The second kappa shape index (κ2) is 11.6. The molecule has 0 spiro atoms. The summed E-state index contributed by atoms with van der Waals surface area (Å²) in [5.41, 5.74) is 0.0378. The Kier molecular flexibility index (Phi) is 8.81. The van der Waals surface area contributed by atoms with Crippen molar-refractivity contribution in [2.75, 3.05) is 19.7 Å². The first-order chi connectivity index (χ1) is 17.3. The van der Waals surface area contributed by atoms with E-state index in [1.807, 2.05) is 32.9 Å². The van der Waals surface area contributed by atoms with Crippen LogP contribution >= 0.6 is 0 Å². The van der Waals surface area contributed by atoms with Crippen LogP contribution in [0, 0.1) is 0 Å². The van der Waals surface area contributed by atoms with Gasteiger partial charge in [0.25, 0.3) is 5.91 Å². The number of ether oxygens (including phenoxy) is 2. The van der Waals surface area contributed by atoms with Crippen molar-refractivity contribution in [1.82, 2.24) is 10.2 Å². The number of carbonyl (C=O) groups excluding carboxylic acids is 2. The molecule has 2 aromatic rings. The Labute approximate surface area is 217 Å². The molecule has 0 aromatic heterocycles. The summed E-state index contributed by atoms with van der Waals surface area (Å²) in [6, 6.07) is 14.6. The highest BCUT2D eigenvalue weighted by Gasteiger charge is 2.31. The Balaban J connectivity index is 1.54. The summed E-state index contributed by atoms with van der Waals surface area (Å²) in [7, 11) is 0. The molecule has 3 N–H and O–H groups in total. The number of hydrogen-bond acceptors (Lipinski definition) is 6. The lowest BCUT2D eigenvalue weighted by Crippen LogP contribution is -2.41. The van der Waals surface area contributed by atoms with Gasteiger partial charge in [0.05, 0.1) is 0 Å². The fourth-order valence-electron chi connectivity index (χ4n) is 4.05. The Hall–Kier alpha value is -3.59. The van der Waals surface area contributed by atoms with Crippen molar-refractivity contribution in [3.63, 3.8) is 0 Å². The number of carboxylic acids is 1. The van der Waals surface area contributed by atoms with Crippen LogP contribution in [-0.4, -0.2) is 64.0 Å². The van der Waals surface area contributed by atoms with Crippen LogP contribution in [0.15, 0.2) is 48.5 Å². The highest BCUT2D eigenvalue weighted by molar-refractivity contribution is 5.94. The van der Waals surface area contributed by atoms with Crippen molar-refractivity contribution in [3.8, 4) is 5.75 Å². The van der Waals surface area contributed by atoms with Crippen LogP contribution < -0.4 is 10.1 Å². The number of likely N-dealkylation sites (tertiary alicyclic amines) is 1. The van der Waals surface area contributed by atoms with Crippen molar-refractivity contribution < 1.29 is 34.1 Å². The quantitative estimate of drug-likeness (QED) is 0.489. The summed E-state index contributed by atoms with van der Waals surface area (Å²) in [6.07, 6.45) is 1.17. The predicted octanol–water partition coefficient (Wildman–Crippen LogP) is 3.95. The third-order valence-electron chi connectivity index (χ3n) is 6.10. The molecule has 2 aromatic carbocycles. The predicted molar refractivity (Wildman–Crippen MR) is 138 cm³/mol. The van der Waals surface area contributed by atoms with Crippen LogP contribution in [0.25, 0.3) is 0 Å². The maximum Gasteiger partial charge on any atom is 0.407 e. The fourth-order valence-corrected chi connectivity index (χ4v) is 4.05. The van der Waals surface area contributed by atoms with E-state index < -0.39 is 29.9 Å². The number of piperidine rings is 1. The molecule has 37 heavy (non-hydrogen) atoms. The smallest absolute Gasteiger partial charge is 0.407 e. The molecule has 1 heterocycles. The van der Waals surface area contributed by atoms with E-state index in [-0.39, 0.29) is 5.91 Å². The van der Waals surface area contributed by atoms with E-state index in [9.17, 15) is 19.5 Å². The number of carboxylic acid groups (broad SMARTS) is 1. The van der Waals surface area contributed by atoms with Gasteiger partial charge in [0, 0.05) is 25.2 Å². The normalized spacial score (nSPS) is 16.0. The SMILES string of the molecule is CC(C)(C)OC(=O)NCc1cccc(C2CCN(C(=O)c3cccc(OCC(C)(O)C(=O)O)c3)CC2)c1. The third-order valence-corrected chi connectivity index (χ3v) is 6.10. The second-order valence-corrected chi connectivity index (χ2v) is 10.6. The standard InChI is InChI=1S/C28H36N2O7/c1-27(2,3)37-26(34)29-17-19-7-5-8-21(15-19)20-11-13-30(14-12-20)24(31)22-9-6-10-23(16-22)36-18-28(4,35)25(32)33/h5-10,15-16,20,35H,11-14,17-18H2,1-4H3,(H,29,34)(H,32,33). The van der Waals surface area contributed by atoms with E-state index in [0.29, 0.717) is 36.9 Å². The van der Waals surface area contributed by atoms with Crippen LogP contribution in [0.3, 0.4) is 0 Å². The fraction of sp³-hybridized carbons (Fsp3) is 0.464. The molecule has 0 bridgehead atoms. The zero-order chi connectivity index (χ0) is 27.2. The number of alkyl carbamates (subject to hydrolysis) is 1. The van der Waals surface area contributed by atoms with Crippen molar-refractivity contribution in [2.45, 2.75) is 64.2 Å². The molecular formula is C28H36N2O7. The van der Waals surface area contributed by atoms with Crippen molar-refractivity contribution in [3.05, 3.63) is 65.2 Å². The number of nitrogens with one attached hydrogen (secondary N) is 1. The molecule has 9 heteroatoms. The van der Waals surface area contributed by atoms with E-state index in [1.165, 1.54) is 5.56 Å². The number of nitrogens with zero attached hydrogens (tertiary/aromatic N) is 1. The Morgan fingerprint density at radius 2 is 1.70 bits per heavy atom. The first-order valence-corrected chi connectivity index (χ1v) is 12.4. The lowest BCUT2D eigenvalue weighted by Gasteiger charge is -2.32. The molecule has 1 aliphatic rings. The first kappa shape index (κ1) is 28.0. The van der Waals surface area contributed by atoms with E-state index in [4.69, 9.17) is 14.6 Å². The summed E-state index contributed by atoms with van der Waals surface area (Å²) in [4.78, 5) is 37.9. The van der Waals surface area contributed by atoms with Gasteiger partial charge in [-0.15, -0.1) is 0 Å². The zero-order valence-electron chi connectivity index (χ0n) is 21.8. The molecule has 0 radical (unpaired) electrons. The van der Waals surface area contributed by atoms with Gasteiger partial charge in [-0.25, -0.2) is 9.59 Å². The summed E-state index contributed by atoms with van der Waals surface area (Å²) in [5, 5.41) is 21.7. The van der Waals surface area contributed by atoms with Gasteiger partial charge in [-0.3, -0.25) is 4.79 Å². The van der Waals surface area contributed by atoms with E-state index in [0.717, 1.165) is 25.3 Å². The molecule has 200 valence electrons. The minimum absolute atomic E-state index is 0.121. The number of amides is 2. The zero-order valence-corrected chi connectivity index (χ0v) is 21.8. The Morgan fingerprint density at radius 1 is 1.03 bits per heavy atom. The van der Waals surface area contributed by atoms with Gasteiger partial charge in [0.15, 0.2) is 5.60 Å². The summed E-state index contributed by atoms with van der Waals surface area (Å²) in [5.74, 6) is -0.880. The van der Waals surface area contributed by atoms with Gasteiger partial charge in [-0.2, -0.15) is 0 Å². The average Bonchev–Trinajstić information content (AvgIpc) is 2.85. The third kappa shape index (κ3) is 8.21. The monoisotopic (exact) mass is 512 g/mol. The van der Waals surface area contributed by atoms with Crippen molar-refractivity contribution >= 4 is 18.0 Å². The number of aliphatic carboxylic acids is 1. The molecule has 0 aliphatic carbocycles. The maximum atomic E-state index is 13.1. The summed E-state index contributed by atoms with van der Waals surface area (Å²) < 4.78 is 10.7. The van der Waals surface area contributed by atoms with Gasteiger partial charge >= 0.3 is 12.1 Å². The minimum Gasteiger partial charge on any atom is -0.490 e. The number of benzene rings is 2. The van der Waals surface area contributed by atoms with Gasteiger partial charge in [-0.05, 0) is 75.8 Å². The summed E-state index contributed by atoms with van der Waals surface area (Å²) in [6.45, 7) is 7.76. The number of aliphatic hydroxyl groups is 1.